The van der Waals surface area contributed by atoms with Crippen molar-refractivity contribution in [2.45, 2.75) is 9.92 Å². The Kier molecular flexibility index (Phi) is 5.59. The van der Waals surface area contributed by atoms with Gasteiger partial charge >= 0.3 is 0 Å². The summed E-state index contributed by atoms with van der Waals surface area (Å²) in [6.07, 6.45) is 3.62. The van der Waals surface area contributed by atoms with Gasteiger partial charge in [0.25, 0.3) is 0 Å². The largest absolute Gasteiger partial charge is 0.320 e. The Morgan fingerprint density at radius 2 is 1.65 bits per heavy atom. The fourth-order valence-electron chi connectivity index (χ4n) is 3.26. The Hall–Kier alpha value is -2.93. The van der Waals surface area contributed by atoms with Crippen LogP contribution in [0.3, 0.4) is 0 Å². The second kappa shape index (κ2) is 8.67. The van der Waals surface area contributed by atoms with E-state index in [2.05, 4.69) is 38.8 Å². The molecule has 0 saturated carbocycles. The molecule has 3 aromatic heterocycles. The molecule has 0 aliphatic heterocycles. The highest BCUT2D eigenvalue weighted by Gasteiger charge is 2.19. The van der Waals surface area contributed by atoms with Gasteiger partial charge in [-0.2, -0.15) is 0 Å². The van der Waals surface area contributed by atoms with Gasteiger partial charge < -0.3 is 4.57 Å². The first-order valence-electron chi connectivity index (χ1n) is 9.61. The minimum Gasteiger partial charge on any atom is -0.320 e. The summed E-state index contributed by atoms with van der Waals surface area (Å²) in [5.74, 6) is 0.830. The first-order valence-corrected chi connectivity index (χ1v) is 11.7. The highest BCUT2D eigenvalue weighted by molar-refractivity contribution is 7.99. The van der Waals surface area contributed by atoms with Crippen LogP contribution in [0.1, 0.15) is 0 Å². The number of benzene rings is 2. The zero-order chi connectivity index (χ0) is 21.2. The van der Waals surface area contributed by atoms with Crippen LogP contribution >= 0.6 is 34.7 Å². The number of imidazole rings is 1. The number of pyridine rings is 1. The number of halogens is 1. The van der Waals surface area contributed by atoms with Crippen LogP contribution in [-0.2, 0) is 7.05 Å². The predicted octanol–water partition coefficient (Wildman–Crippen LogP) is 7.08. The Morgan fingerprint density at radius 1 is 0.871 bits per heavy atom. The molecule has 0 spiro atoms. The molecule has 3 heterocycles. The first kappa shape index (κ1) is 20.0. The van der Waals surface area contributed by atoms with E-state index in [1.54, 1.807) is 29.3 Å². The molecular weight excluding hydrogens is 444 g/mol. The second-order valence-corrected chi connectivity index (χ2v) is 9.23. The average molecular weight is 461 g/mol. The van der Waals surface area contributed by atoms with Gasteiger partial charge in [0.05, 0.1) is 0 Å². The van der Waals surface area contributed by atoms with E-state index in [0.29, 0.717) is 0 Å². The Balaban J connectivity index is 1.60. The summed E-state index contributed by atoms with van der Waals surface area (Å²) in [5.41, 5.74) is 3.92. The molecule has 4 nitrogen and oxygen atoms in total. The predicted molar refractivity (Wildman–Crippen MR) is 129 cm³/mol. The molecule has 5 rings (SSSR count). The highest BCUT2D eigenvalue weighted by Crippen LogP contribution is 2.39. The van der Waals surface area contributed by atoms with E-state index in [4.69, 9.17) is 16.6 Å². The van der Waals surface area contributed by atoms with E-state index in [1.807, 2.05) is 61.1 Å². The lowest BCUT2D eigenvalue weighted by Crippen LogP contribution is -1.95. The lowest BCUT2D eigenvalue weighted by atomic mass is 10.1. The van der Waals surface area contributed by atoms with E-state index in [1.165, 1.54) is 0 Å². The maximum absolute atomic E-state index is 6.07. The number of hydrogen-bond donors (Lipinski definition) is 0. The quantitative estimate of drug-likeness (QED) is 0.281. The summed E-state index contributed by atoms with van der Waals surface area (Å²) in [6, 6.07) is 22.1. The molecule has 5 aromatic rings. The lowest BCUT2D eigenvalue weighted by molar-refractivity contribution is 0.831. The fourth-order valence-corrected chi connectivity index (χ4v) is 5.01. The maximum atomic E-state index is 6.07. The zero-order valence-corrected chi connectivity index (χ0v) is 19.0. The van der Waals surface area contributed by atoms with Crippen molar-refractivity contribution < 1.29 is 0 Å². The van der Waals surface area contributed by atoms with E-state index < -0.39 is 0 Å². The SMILES string of the molecule is Cn1c(-c2ccccn2)nc(-c2ccc(-c3nccs3)cc2)c1Sc1ccc(Cl)cc1. The summed E-state index contributed by atoms with van der Waals surface area (Å²) >= 11 is 9.37. The monoisotopic (exact) mass is 460 g/mol. The molecule has 0 radical (unpaired) electrons. The third-order valence-corrected chi connectivity index (χ3v) is 7.04. The van der Waals surface area contributed by atoms with Crippen LogP contribution in [-0.4, -0.2) is 19.5 Å². The Labute approximate surface area is 193 Å². The lowest BCUT2D eigenvalue weighted by Gasteiger charge is -2.08. The highest BCUT2D eigenvalue weighted by atomic mass is 35.5. The number of nitrogens with zero attached hydrogens (tertiary/aromatic N) is 4. The fraction of sp³-hybridized carbons (Fsp3) is 0.0417. The molecule has 7 heteroatoms. The van der Waals surface area contributed by atoms with Crippen LogP contribution in [0.2, 0.25) is 5.02 Å². The van der Waals surface area contributed by atoms with Gasteiger partial charge in [0.15, 0.2) is 5.82 Å². The number of rotatable bonds is 5. The first-order chi connectivity index (χ1) is 15.2. The van der Waals surface area contributed by atoms with Gasteiger partial charge in [-0.1, -0.05) is 53.7 Å². The van der Waals surface area contributed by atoms with Crippen molar-refractivity contribution in [2.75, 3.05) is 0 Å². The Bertz CT molecular complexity index is 1300. The summed E-state index contributed by atoms with van der Waals surface area (Å²) in [5, 5.41) is 4.77. The molecule has 0 saturated heterocycles. The van der Waals surface area contributed by atoms with Crippen LogP contribution in [0.5, 0.6) is 0 Å². The van der Waals surface area contributed by atoms with Crippen molar-refractivity contribution in [2.24, 2.45) is 7.05 Å². The van der Waals surface area contributed by atoms with Crippen molar-refractivity contribution in [1.29, 1.82) is 0 Å². The van der Waals surface area contributed by atoms with Gasteiger partial charge in [-0.25, -0.2) is 9.97 Å². The number of aromatic nitrogens is 4. The van der Waals surface area contributed by atoms with Gasteiger partial charge in [0.1, 0.15) is 21.4 Å². The van der Waals surface area contributed by atoms with E-state index in [9.17, 15) is 0 Å². The number of thiazole rings is 1. The minimum absolute atomic E-state index is 0.724. The van der Waals surface area contributed by atoms with Crippen LogP contribution in [0.4, 0.5) is 0 Å². The molecule has 2 aromatic carbocycles. The van der Waals surface area contributed by atoms with Gasteiger partial charge in [0.2, 0.25) is 0 Å². The molecule has 152 valence electrons. The smallest absolute Gasteiger partial charge is 0.159 e. The normalized spacial score (nSPS) is 11.0. The third-order valence-electron chi connectivity index (χ3n) is 4.80. The average Bonchev–Trinajstić information content (AvgIpc) is 3.45. The molecule has 0 atom stereocenters. The summed E-state index contributed by atoms with van der Waals surface area (Å²) < 4.78 is 2.10. The molecule has 0 aliphatic rings. The molecule has 0 unspecified atom stereocenters. The molecule has 0 fully saturated rings. The summed E-state index contributed by atoms with van der Waals surface area (Å²) in [6.45, 7) is 0. The van der Waals surface area contributed by atoms with Crippen molar-refractivity contribution in [1.82, 2.24) is 19.5 Å². The molecule has 0 amide bonds. The molecular formula is C24H17ClN4S2. The van der Waals surface area contributed by atoms with E-state index in [0.717, 1.165) is 48.3 Å². The van der Waals surface area contributed by atoms with Gasteiger partial charge in [-0.15, -0.1) is 11.3 Å². The zero-order valence-electron chi connectivity index (χ0n) is 16.6. The van der Waals surface area contributed by atoms with Gasteiger partial charge in [-0.05, 0) is 36.4 Å². The number of hydrogen-bond acceptors (Lipinski definition) is 5. The standard InChI is InChI=1S/C24H17ClN4S2/c1-29-22(20-4-2-3-13-26-20)28-21(24(29)31-19-11-9-18(25)10-12-19)16-5-7-17(8-6-16)23-27-14-15-30-23/h2-15H,1H3. The van der Waals surface area contributed by atoms with Gasteiger partial charge in [-0.3, -0.25) is 4.98 Å². The molecule has 31 heavy (non-hydrogen) atoms. The van der Waals surface area contributed by atoms with E-state index >= 15 is 0 Å². The van der Waals surface area contributed by atoms with Crippen molar-refractivity contribution >= 4 is 34.7 Å². The molecule has 0 N–H and O–H groups in total. The van der Waals surface area contributed by atoms with Crippen molar-refractivity contribution in [3.63, 3.8) is 0 Å². The van der Waals surface area contributed by atoms with Crippen molar-refractivity contribution in [3.05, 3.63) is 89.5 Å². The molecule has 0 aliphatic carbocycles. The molecule has 0 bridgehead atoms. The van der Waals surface area contributed by atoms with Crippen LogP contribution in [0.15, 0.2) is 94.4 Å². The van der Waals surface area contributed by atoms with Gasteiger partial charge in [0, 0.05) is 45.9 Å². The maximum Gasteiger partial charge on any atom is 0.159 e. The third kappa shape index (κ3) is 4.14. The van der Waals surface area contributed by atoms with Crippen molar-refractivity contribution in [3.8, 4) is 33.3 Å². The topological polar surface area (TPSA) is 43.6 Å². The minimum atomic E-state index is 0.724. The van der Waals surface area contributed by atoms with E-state index in [-0.39, 0.29) is 0 Å². The second-order valence-electron chi connectivity index (χ2n) is 6.83. The summed E-state index contributed by atoms with van der Waals surface area (Å²) in [4.78, 5) is 15.0. The van der Waals surface area contributed by atoms with Crippen LogP contribution in [0, 0.1) is 0 Å². The van der Waals surface area contributed by atoms with Crippen LogP contribution < -0.4 is 0 Å². The Morgan fingerprint density at radius 3 is 2.32 bits per heavy atom. The van der Waals surface area contributed by atoms with Crippen LogP contribution in [0.25, 0.3) is 33.3 Å². The summed E-state index contributed by atoms with van der Waals surface area (Å²) in [7, 11) is 2.03.